The maximum atomic E-state index is 9.98. The number of aromatic nitrogens is 4. The maximum Gasteiger partial charge on any atom is 0.205 e. The van der Waals surface area contributed by atoms with Crippen LogP contribution in [0.4, 0.5) is 5.82 Å². The Balaban J connectivity index is 2.24. The summed E-state index contributed by atoms with van der Waals surface area (Å²) in [4.78, 5) is 11.9. The summed E-state index contributed by atoms with van der Waals surface area (Å²) in [5, 5.41) is 19.9. The van der Waals surface area contributed by atoms with E-state index in [4.69, 9.17) is 28.9 Å². The largest absolute Gasteiger partial charge is 0.388 e. The average molecular weight is 302 g/mol. The molecule has 3 rings (SSSR count). The van der Waals surface area contributed by atoms with Crippen LogP contribution >= 0.6 is 23.2 Å². The Bertz CT molecular complexity index is 686. The molecule has 2 aromatic heterocycles. The molecule has 4 N–H and O–H groups in total. The molecule has 2 aromatic rings. The molecule has 0 spiro atoms. The van der Waals surface area contributed by atoms with E-state index in [1.165, 1.54) is 17.0 Å². The highest BCUT2D eigenvalue weighted by Crippen LogP contribution is 2.38. The molecule has 1 aliphatic rings. The van der Waals surface area contributed by atoms with Gasteiger partial charge in [-0.25, -0.2) is 15.0 Å². The molecular formula is C10H9Cl2N5O2. The summed E-state index contributed by atoms with van der Waals surface area (Å²) >= 11 is 12.1. The van der Waals surface area contributed by atoms with Crippen molar-refractivity contribution in [1.29, 1.82) is 0 Å². The van der Waals surface area contributed by atoms with Gasteiger partial charge in [0.15, 0.2) is 17.0 Å². The minimum atomic E-state index is -1.13. The standard InChI is InChI=1S/C10H9Cl2N5O2/c11-3-1-4(18)7(19)6(3)17-9-5(16-10(17)12)8(13)14-2-15-9/h1-2,4,6-7,18-19H,(H2,13,14,15)/t4-,6?,7+/m0/s1. The van der Waals surface area contributed by atoms with Crippen LogP contribution in [0, 0.1) is 0 Å². The van der Waals surface area contributed by atoms with Gasteiger partial charge in [0, 0.05) is 5.03 Å². The van der Waals surface area contributed by atoms with Gasteiger partial charge in [-0.3, -0.25) is 4.57 Å². The third kappa shape index (κ3) is 1.78. The second kappa shape index (κ2) is 4.31. The summed E-state index contributed by atoms with van der Waals surface area (Å²) in [6.45, 7) is 0. The predicted octanol–water partition coefficient (Wildman–Crippen LogP) is 0.461. The van der Waals surface area contributed by atoms with Crippen LogP contribution in [-0.2, 0) is 0 Å². The molecule has 0 fully saturated rings. The maximum absolute atomic E-state index is 9.98. The lowest BCUT2D eigenvalue weighted by atomic mass is 10.2. The third-order valence-corrected chi connectivity index (χ3v) is 3.64. The molecule has 19 heavy (non-hydrogen) atoms. The zero-order valence-electron chi connectivity index (χ0n) is 9.40. The number of imidazole rings is 1. The van der Waals surface area contributed by atoms with E-state index < -0.39 is 18.2 Å². The number of fused-ring (bicyclic) bond motifs is 1. The quantitative estimate of drug-likeness (QED) is 0.660. The van der Waals surface area contributed by atoms with Gasteiger partial charge in [0.1, 0.15) is 24.6 Å². The van der Waals surface area contributed by atoms with Gasteiger partial charge < -0.3 is 15.9 Å². The number of halogens is 2. The van der Waals surface area contributed by atoms with Crippen LogP contribution in [0.1, 0.15) is 6.04 Å². The zero-order chi connectivity index (χ0) is 13.7. The first-order valence-corrected chi connectivity index (χ1v) is 6.13. The van der Waals surface area contributed by atoms with Gasteiger partial charge in [0.2, 0.25) is 5.28 Å². The Morgan fingerprint density at radius 3 is 2.63 bits per heavy atom. The van der Waals surface area contributed by atoms with Crippen LogP contribution in [0.3, 0.4) is 0 Å². The number of hydrogen-bond donors (Lipinski definition) is 3. The predicted molar refractivity (Wildman–Crippen MR) is 69.7 cm³/mol. The number of anilines is 1. The fourth-order valence-corrected chi connectivity index (χ4v) is 2.76. The average Bonchev–Trinajstić information content (AvgIpc) is 2.79. The molecule has 0 amide bonds. The molecule has 7 nitrogen and oxygen atoms in total. The lowest BCUT2D eigenvalue weighted by Crippen LogP contribution is -2.29. The van der Waals surface area contributed by atoms with Crippen LogP contribution in [-0.4, -0.2) is 41.9 Å². The second-order valence-corrected chi connectivity index (χ2v) is 4.93. The number of aliphatic hydroxyl groups excluding tert-OH is 2. The monoisotopic (exact) mass is 301 g/mol. The Hall–Kier alpha value is -1.41. The van der Waals surface area contributed by atoms with Crippen molar-refractivity contribution in [2.45, 2.75) is 18.2 Å². The third-order valence-electron chi connectivity index (χ3n) is 3.03. The summed E-state index contributed by atoms with van der Waals surface area (Å²) in [5.74, 6) is 0.179. The van der Waals surface area contributed by atoms with Crippen molar-refractivity contribution >= 4 is 40.2 Å². The first kappa shape index (κ1) is 12.6. The molecule has 0 aliphatic heterocycles. The van der Waals surface area contributed by atoms with Gasteiger partial charge in [-0.05, 0) is 17.7 Å². The van der Waals surface area contributed by atoms with E-state index in [0.29, 0.717) is 11.2 Å². The van der Waals surface area contributed by atoms with Crippen LogP contribution < -0.4 is 5.73 Å². The van der Waals surface area contributed by atoms with E-state index in [-0.39, 0.29) is 16.1 Å². The van der Waals surface area contributed by atoms with Gasteiger partial charge >= 0.3 is 0 Å². The second-order valence-electron chi connectivity index (χ2n) is 4.16. The van der Waals surface area contributed by atoms with E-state index in [2.05, 4.69) is 15.0 Å². The summed E-state index contributed by atoms with van der Waals surface area (Å²) < 4.78 is 1.43. The summed E-state index contributed by atoms with van der Waals surface area (Å²) in [6.07, 6.45) is 0.425. The van der Waals surface area contributed by atoms with E-state index in [9.17, 15) is 10.2 Å². The fourth-order valence-electron chi connectivity index (χ4n) is 2.13. The molecule has 0 aromatic carbocycles. The van der Waals surface area contributed by atoms with Crippen molar-refractivity contribution in [2.75, 3.05) is 5.73 Å². The van der Waals surface area contributed by atoms with Crippen molar-refractivity contribution in [1.82, 2.24) is 19.5 Å². The highest BCUT2D eigenvalue weighted by molar-refractivity contribution is 6.31. The van der Waals surface area contributed by atoms with Gasteiger partial charge in [-0.2, -0.15) is 0 Å². The SMILES string of the molecule is Nc1ncnc2c1nc(Cl)n2C1C(Cl)=C[C@H](O)[C@H]1O. The van der Waals surface area contributed by atoms with Gasteiger partial charge in [0.05, 0.1) is 0 Å². The molecule has 0 bridgehead atoms. The van der Waals surface area contributed by atoms with Gasteiger partial charge in [-0.1, -0.05) is 11.6 Å². The summed E-state index contributed by atoms with van der Waals surface area (Å²) in [7, 11) is 0. The molecule has 0 saturated carbocycles. The molecule has 3 atom stereocenters. The molecule has 0 saturated heterocycles. The minimum absolute atomic E-state index is 0.0619. The van der Waals surface area contributed by atoms with Crippen molar-refractivity contribution in [3.63, 3.8) is 0 Å². The summed E-state index contributed by atoms with van der Waals surface area (Å²) in [6, 6.07) is -0.747. The van der Waals surface area contributed by atoms with Gasteiger partial charge in [0.25, 0.3) is 0 Å². The number of rotatable bonds is 1. The Labute approximate surface area is 117 Å². The Kier molecular flexibility index (Phi) is 2.86. The van der Waals surface area contributed by atoms with Crippen LogP contribution in [0.5, 0.6) is 0 Å². The van der Waals surface area contributed by atoms with Gasteiger partial charge in [-0.15, -0.1) is 0 Å². The van der Waals surface area contributed by atoms with Crippen molar-refractivity contribution in [2.24, 2.45) is 0 Å². The molecule has 1 unspecified atom stereocenters. The topological polar surface area (TPSA) is 110 Å². The smallest absolute Gasteiger partial charge is 0.205 e. The van der Waals surface area contributed by atoms with Crippen molar-refractivity contribution in [3.8, 4) is 0 Å². The number of nitrogens with two attached hydrogens (primary N) is 1. The fraction of sp³-hybridized carbons (Fsp3) is 0.300. The van der Waals surface area contributed by atoms with Crippen LogP contribution in [0.25, 0.3) is 11.2 Å². The van der Waals surface area contributed by atoms with E-state index in [0.717, 1.165) is 0 Å². The number of hydrogen-bond acceptors (Lipinski definition) is 6. The molecular weight excluding hydrogens is 293 g/mol. The van der Waals surface area contributed by atoms with E-state index >= 15 is 0 Å². The van der Waals surface area contributed by atoms with E-state index in [1.807, 2.05) is 0 Å². The van der Waals surface area contributed by atoms with Crippen LogP contribution in [0.2, 0.25) is 5.28 Å². The molecule has 9 heteroatoms. The number of nitrogen functional groups attached to an aromatic ring is 1. The lowest BCUT2D eigenvalue weighted by molar-refractivity contribution is 0.0371. The first-order valence-electron chi connectivity index (χ1n) is 5.38. The minimum Gasteiger partial charge on any atom is -0.388 e. The van der Waals surface area contributed by atoms with Crippen molar-refractivity contribution in [3.05, 3.63) is 22.7 Å². The Morgan fingerprint density at radius 2 is 2.00 bits per heavy atom. The van der Waals surface area contributed by atoms with E-state index in [1.54, 1.807) is 0 Å². The summed E-state index contributed by atoms with van der Waals surface area (Å²) in [5.41, 5.74) is 6.36. The Morgan fingerprint density at radius 1 is 1.26 bits per heavy atom. The molecule has 100 valence electrons. The highest BCUT2D eigenvalue weighted by Gasteiger charge is 2.38. The first-order chi connectivity index (χ1) is 9.00. The highest BCUT2D eigenvalue weighted by atomic mass is 35.5. The lowest BCUT2D eigenvalue weighted by Gasteiger charge is -2.20. The van der Waals surface area contributed by atoms with Crippen molar-refractivity contribution < 1.29 is 10.2 Å². The zero-order valence-corrected chi connectivity index (χ0v) is 10.9. The number of aliphatic hydroxyl groups is 2. The number of nitrogens with zero attached hydrogens (tertiary/aromatic N) is 4. The molecule has 2 heterocycles. The normalized spacial score (nSPS) is 26.9. The molecule has 0 radical (unpaired) electrons. The molecule has 1 aliphatic carbocycles. The van der Waals surface area contributed by atoms with Crippen LogP contribution in [0.15, 0.2) is 17.4 Å².